The van der Waals surface area contributed by atoms with Gasteiger partial charge in [0.05, 0.1) is 52.7 Å². The molecule has 49 heavy (non-hydrogen) atoms. The summed E-state index contributed by atoms with van der Waals surface area (Å²) in [6.07, 6.45) is 1.94. The van der Waals surface area contributed by atoms with Crippen molar-refractivity contribution in [2.24, 2.45) is 17.5 Å². The van der Waals surface area contributed by atoms with Crippen molar-refractivity contribution < 1.29 is 18.0 Å². The molecule has 0 saturated carbocycles. The van der Waals surface area contributed by atoms with Gasteiger partial charge in [-0.15, -0.1) is 0 Å². The molecule has 1 amide bonds. The molecule has 15 heteroatoms. The molecule has 3 aromatic heterocycles. The third-order valence-corrected chi connectivity index (χ3v) is 8.51. The van der Waals surface area contributed by atoms with Gasteiger partial charge in [0.25, 0.3) is 5.56 Å². The van der Waals surface area contributed by atoms with Gasteiger partial charge in [0, 0.05) is 40.5 Å². The number of carbonyl (C=O) groups excluding carboxylic acids is 1. The lowest BCUT2D eigenvalue weighted by Crippen LogP contribution is -2.30. The van der Waals surface area contributed by atoms with Crippen LogP contribution in [0.4, 0.5) is 24.5 Å². The van der Waals surface area contributed by atoms with E-state index in [0.29, 0.717) is 47.5 Å². The topological polar surface area (TPSA) is 150 Å². The van der Waals surface area contributed by atoms with Gasteiger partial charge in [-0.1, -0.05) is 43.1 Å². The summed E-state index contributed by atoms with van der Waals surface area (Å²) < 4.78 is 42.6. The van der Waals surface area contributed by atoms with Gasteiger partial charge in [-0.2, -0.15) is 18.3 Å². The summed E-state index contributed by atoms with van der Waals surface area (Å²) in [6.45, 7) is 1.85. The number of hydrogen-bond donors (Lipinski definition) is 3. The number of benzene rings is 2. The lowest BCUT2D eigenvalue weighted by Gasteiger charge is -2.23. The first kappa shape index (κ1) is 33.4. The number of halogens is 4. The van der Waals surface area contributed by atoms with Gasteiger partial charge in [-0.05, 0) is 55.3 Å². The van der Waals surface area contributed by atoms with Crippen LogP contribution in [0, 0.1) is 5.92 Å². The predicted octanol–water partition coefficient (Wildman–Crippen LogP) is 6.20. The van der Waals surface area contributed by atoms with Crippen LogP contribution in [0.25, 0.3) is 28.2 Å². The Labute approximate surface area is 283 Å². The number of para-hydroxylation sites is 1. The van der Waals surface area contributed by atoms with E-state index in [-0.39, 0.29) is 33.8 Å². The van der Waals surface area contributed by atoms with E-state index in [2.05, 4.69) is 20.4 Å². The van der Waals surface area contributed by atoms with E-state index < -0.39 is 23.5 Å². The SMILES string of the molecule is CC1CCCC(n2cnc(-c3cc(Cl)ccc3N(N)/C=C(\N)C(F)(F)F)cc2=O)c2cc(ccn2)-c2c(cnn2-c2ccccc2)NC1=O. The third kappa shape index (κ3) is 7.05. The highest BCUT2D eigenvalue weighted by Crippen LogP contribution is 2.35. The number of hydrogen-bond acceptors (Lipinski definition) is 8. The van der Waals surface area contributed by atoms with Crippen LogP contribution in [0.15, 0.2) is 102 Å². The van der Waals surface area contributed by atoms with Crippen molar-refractivity contribution >= 4 is 28.9 Å². The van der Waals surface area contributed by atoms with Crippen LogP contribution >= 0.6 is 11.6 Å². The fourth-order valence-corrected chi connectivity index (χ4v) is 5.89. The van der Waals surface area contributed by atoms with E-state index in [1.807, 2.05) is 49.4 Å². The zero-order valence-corrected chi connectivity index (χ0v) is 26.9. The molecule has 0 saturated heterocycles. The average Bonchev–Trinajstić information content (AvgIpc) is 3.49. The van der Waals surface area contributed by atoms with Crippen LogP contribution in [0.1, 0.15) is 37.9 Å². The molecule has 5 N–H and O–H groups in total. The number of nitrogens with two attached hydrogens (primary N) is 2. The second-order valence-electron chi connectivity index (χ2n) is 11.6. The first-order valence-electron chi connectivity index (χ1n) is 15.3. The van der Waals surface area contributed by atoms with Crippen molar-refractivity contribution in [2.75, 3.05) is 10.3 Å². The quantitative estimate of drug-likeness (QED) is 0.146. The van der Waals surface area contributed by atoms with Crippen LogP contribution in [0.3, 0.4) is 0 Å². The Bertz CT molecular complexity index is 2100. The van der Waals surface area contributed by atoms with Gasteiger partial charge in [0.1, 0.15) is 5.70 Å². The van der Waals surface area contributed by atoms with Crippen molar-refractivity contribution in [3.63, 3.8) is 0 Å². The minimum atomic E-state index is -4.80. The molecule has 2 aromatic carbocycles. The number of nitrogens with one attached hydrogen (secondary N) is 1. The number of hydrazine groups is 1. The van der Waals surface area contributed by atoms with Gasteiger partial charge in [0.15, 0.2) is 0 Å². The van der Waals surface area contributed by atoms with Crippen LogP contribution < -0.4 is 27.5 Å². The number of nitrogens with zero attached hydrogens (tertiary/aromatic N) is 6. The second kappa shape index (κ2) is 13.6. The van der Waals surface area contributed by atoms with E-state index >= 15 is 0 Å². The standard InChI is InChI=1S/C34H31ClF3N9O2/c1-20-6-5-9-29(26-14-21(12-13-41-26)32-27(44-33(20)49)17-43-47(32)23-7-3-2-4-8-23)45-19-42-25(16-31(45)48)24-15-22(35)10-11-28(24)46(40)18-30(39)34(36,37)38/h2-4,7-8,10-20,29H,5-6,9,39-40H2,1H3,(H,44,49)/b30-18-. The van der Waals surface area contributed by atoms with E-state index in [4.69, 9.17) is 23.2 Å². The molecule has 2 bridgehead atoms. The molecule has 252 valence electrons. The van der Waals surface area contributed by atoms with E-state index in [0.717, 1.165) is 11.3 Å². The van der Waals surface area contributed by atoms with Gasteiger partial charge >= 0.3 is 6.18 Å². The molecule has 1 aliphatic heterocycles. The monoisotopic (exact) mass is 689 g/mol. The molecule has 0 radical (unpaired) electrons. The van der Waals surface area contributed by atoms with Crippen molar-refractivity contribution in [1.82, 2.24) is 24.3 Å². The maximum Gasteiger partial charge on any atom is 0.432 e. The third-order valence-electron chi connectivity index (χ3n) is 8.28. The fraction of sp³-hybridized carbons (Fsp3) is 0.206. The molecule has 1 aliphatic rings. The van der Waals surface area contributed by atoms with Crippen molar-refractivity contribution in [3.05, 3.63) is 118 Å². The Kier molecular flexibility index (Phi) is 9.26. The van der Waals surface area contributed by atoms with E-state index in [1.165, 1.54) is 35.2 Å². The molecular weight excluding hydrogens is 659 g/mol. The predicted molar refractivity (Wildman–Crippen MR) is 181 cm³/mol. The van der Waals surface area contributed by atoms with Crippen LogP contribution in [-0.2, 0) is 4.79 Å². The number of carbonyl (C=O) groups is 1. The molecule has 11 nitrogen and oxygen atoms in total. The number of allylic oxidation sites excluding steroid dienone is 1. The summed E-state index contributed by atoms with van der Waals surface area (Å²) in [7, 11) is 0. The smallest absolute Gasteiger partial charge is 0.393 e. The highest BCUT2D eigenvalue weighted by molar-refractivity contribution is 6.31. The number of pyridine rings is 1. The average molecular weight is 690 g/mol. The van der Waals surface area contributed by atoms with Crippen LogP contribution in [0.2, 0.25) is 5.02 Å². The first-order valence-corrected chi connectivity index (χ1v) is 15.7. The Morgan fingerprint density at radius 1 is 1.06 bits per heavy atom. The summed E-state index contributed by atoms with van der Waals surface area (Å²) in [5, 5.41) is 8.58. The molecule has 4 heterocycles. The molecule has 2 unspecified atom stereocenters. The number of aromatic nitrogens is 5. The number of anilines is 2. The normalized spacial score (nSPS) is 17.0. The first-order chi connectivity index (χ1) is 23.4. The number of alkyl halides is 3. The van der Waals surface area contributed by atoms with Crippen LogP contribution in [-0.4, -0.2) is 36.4 Å². The maximum absolute atomic E-state index is 13.8. The van der Waals surface area contributed by atoms with Gasteiger partial charge in [0.2, 0.25) is 5.91 Å². The Hall–Kier alpha value is -5.47. The van der Waals surface area contributed by atoms with E-state index in [1.54, 1.807) is 17.1 Å². The molecule has 0 spiro atoms. The summed E-state index contributed by atoms with van der Waals surface area (Å²) in [5.74, 6) is 5.47. The van der Waals surface area contributed by atoms with Crippen LogP contribution in [0.5, 0.6) is 0 Å². The van der Waals surface area contributed by atoms with Gasteiger partial charge < -0.3 is 11.1 Å². The molecular formula is C34H31ClF3N9O2. The van der Waals surface area contributed by atoms with Crippen molar-refractivity contribution in [1.29, 1.82) is 0 Å². The summed E-state index contributed by atoms with van der Waals surface area (Å²) in [4.78, 5) is 36.2. The second-order valence-corrected chi connectivity index (χ2v) is 12.1. The maximum atomic E-state index is 13.8. The Balaban J connectivity index is 1.43. The number of rotatable bonds is 5. The molecule has 5 aromatic rings. The summed E-state index contributed by atoms with van der Waals surface area (Å²) >= 11 is 6.23. The number of amides is 1. The van der Waals surface area contributed by atoms with Crippen molar-refractivity contribution in [3.8, 4) is 28.2 Å². The molecule has 0 fully saturated rings. The highest BCUT2D eigenvalue weighted by Gasteiger charge is 2.32. The summed E-state index contributed by atoms with van der Waals surface area (Å²) in [6, 6.07) is 18.1. The summed E-state index contributed by atoms with van der Waals surface area (Å²) in [5.41, 5.74) is 7.03. The zero-order valence-electron chi connectivity index (χ0n) is 26.1. The minimum Gasteiger partial charge on any atom is -0.393 e. The van der Waals surface area contributed by atoms with Crippen molar-refractivity contribution in [2.45, 2.75) is 38.4 Å². The Morgan fingerprint density at radius 2 is 1.84 bits per heavy atom. The largest absolute Gasteiger partial charge is 0.432 e. The number of fused-ring (bicyclic) bond motifs is 4. The zero-order chi connectivity index (χ0) is 34.9. The minimum absolute atomic E-state index is 0.0831. The molecule has 2 atom stereocenters. The molecule has 6 rings (SSSR count). The lowest BCUT2D eigenvalue weighted by molar-refractivity contribution is -0.119. The van der Waals surface area contributed by atoms with Gasteiger partial charge in [-0.3, -0.25) is 24.1 Å². The highest BCUT2D eigenvalue weighted by atomic mass is 35.5. The Morgan fingerprint density at radius 3 is 2.57 bits per heavy atom. The molecule has 0 aliphatic carbocycles. The lowest BCUT2D eigenvalue weighted by atomic mass is 9.97. The van der Waals surface area contributed by atoms with E-state index in [9.17, 15) is 22.8 Å². The fourth-order valence-electron chi connectivity index (χ4n) is 5.72. The van der Waals surface area contributed by atoms with Gasteiger partial charge in [-0.25, -0.2) is 15.5 Å².